The Balaban J connectivity index is 0.00000256. The molecule has 0 atom stereocenters. The highest BCUT2D eigenvalue weighted by Crippen LogP contribution is 2.59. The molecule has 0 saturated carbocycles. The predicted octanol–water partition coefficient (Wildman–Crippen LogP) is 3.31. The average molecular weight is 563 g/mol. The molecule has 4 aromatic rings. The first-order chi connectivity index (χ1) is 14.1. The van der Waals surface area contributed by atoms with Crippen LogP contribution in [0, 0.1) is 0 Å². The number of phenolic OH excluding ortho intramolecular Hbond substituents is 1. The summed E-state index contributed by atoms with van der Waals surface area (Å²) in [5.41, 5.74) is 0.842. The van der Waals surface area contributed by atoms with Crippen LogP contribution in [0.4, 0.5) is 0 Å². The summed E-state index contributed by atoms with van der Waals surface area (Å²) in [6, 6.07) is 35.5. The van der Waals surface area contributed by atoms with E-state index in [9.17, 15) is 5.11 Å². The van der Waals surface area contributed by atoms with E-state index < -0.39 is 7.26 Å². The Hall–Kier alpha value is -1.64. The van der Waals surface area contributed by atoms with Crippen molar-refractivity contribution >= 4 is 50.7 Å². The Labute approximate surface area is 202 Å². The molecule has 4 aromatic carbocycles. The molecule has 5 heteroatoms. The van der Waals surface area contributed by atoms with Gasteiger partial charge in [0.2, 0.25) is 0 Å². The first-order valence-corrected chi connectivity index (χ1v) is 12.5. The van der Waals surface area contributed by atoms with E-state index in [-0.39, 0.29) is 22.7 Å². The van der Waals surface area contributed by atoms with Gasteiger partial charge < -0.3 is 22.1 Å². The number of aromatic hydroxyl groups is 1. The van der Waals surface area contributed by atoms with Gasteiger partial charge in [-0.2, -0.15) is 0 Å². The highest BCUT2D eigenvalue weighted by Gasteiger charge is 2.46. The van der Waals surface area contributed by atoms with Gasteiger partial charge in [-0.15, -0.1) is 0 Å². The van der Waals surface area contributed by atoms with E-state index in [0.717, 1.165) is 5.56 Å². The van der Waals surface area contributed by atoms with E-state index >= 15 is 0 Å². The highest BCUT2D eigenvalue weighted by atomic mass is 79.9. The Morgan fingerprint density at radius 2 is 1.10 bits per heavy atom. The lowest BCUT2D eigenvalue weighted by atomic mass is 10.2. The summed E-state index contributed by atoms with van der Waals surface area (Å²) in [6.07, 6.45) is 0.677. The fourth-order valence-electron chi connectivity index (χ4n) is 3.76. The number of phenols is 1. The van der Waals surface area contributed by atoms with Gasteiger partial charge in [0.05, 0.1) is 4.47 Å². The molecule has 0 aliphatic carbocycles. The fourth-order valence-corrected chi connectivity index (χ4v) is 8.88. The number of hydrogen-bond acceptors (Lipinski definition) is 1. The van der Waals surface area contributed by atoms with Crippen LogP contribution in [0.1, 0.15) is 5.56 Å². The lowest BCUT2D eigenvalue weighted by molar-refractivity contribution is -0.00000638. The van der Waals surface area contributed by atoms with Crippen LogP contribution in [-0.2, 0) is 6.16 Å². The molecule has 0 radical (unpaired) electrons. The number of halogens is 3. The molecular formula is C25H20Br2ClOP. The summed E-state index contributed by atoms with van der Waals surface area (Å²) in [6.45, 7) is 0. The summed E-state index contributed by atoms with van der Waals surface area (Å²) < 4.78 is 0.618. The molecule has 0 amide bonds. The second kappa shape index (κ2) is 10.1. The summed E-state index contributed by atoms with van der Waals surface area (Å²) in [7, 11) is -2.08. The topological polar surface area (TPSA) is 20.2 Å². The third-order valence-corrected chi connectivity index (χ3v) is 10.3. The minimum absolute atomic E-state index is 0. The van der Waals surface area contributed by atoms with Crippen molar-refractivity contribution in [2.24, 2.45) is 0 Å². The summed E-state index contributed by atoms with van der Waals surface area (Å²) in [5.74, 6) is 0.251. The van der Waals surface area contributed by atoms with E-state index in [1.165, 1.54) is 15.9 Å². The van der Waals surface area contributed by atoms with E-state index in [0.29, 0.717) is 15.7 Å². The Morgan fingerprint density at radius 3 is 1.50 bits per heavy atom. The predicted molar refractivity (Wildman–Crippen MR) is 130 cm³/mol. The zero-order valence-corrected chi connectivity index (χ0v) is 20.9. The van der Waals surface area contributed by atoms with Gasteiger partial charge in [0.25, 0.3) is 0 Å². The minimum atomic E-state index is -2.08. The molecule has 0 aliphatic rings. The molecule has 4 rings (SSSR count). The number of rotatable bonds is 5. The van der Waals surface area contributed by atoms with E-state index in [1.807, 2.05) is 24.3 Å². The summed E-state index contributed by atoms with van der Waals surface area (Å²) in [4.78, 5) is 0. The Kier molecular flexibility index (Phi) is 7.76. The van der Waals surface area contributed by atoms with Crippen molar-refractivity contribution in [2.75, 3.05) is 0 Å². The van der Waals surface area contributed by atoms with Crippen LogP contribution in [0.2, 0.25) is 5.02 Å². The maximum Gasteiger partial charge on any atom is 0.136 e. The third kappa shape index (κ3) is 4.50. The monoisotopic (exact) mass is 560 g/mol. The molecule has 0 aromatic heterocycles. The molecule has 0 unspecified atom stereocenters. The summed E-state index contributed by atoms with van der Waals surface area (Å²) >= 11 is 9.81. The van der Waals surface area contributed by atoms with Crippen molar-refractivity contribution in [2.45, 2.75) is 6.16 Å². The summed E-state index contributed by atoms with van der Waals surface area (Å²) in [5, 5.41) is 15.3. The smallest absolute Gasteiger partial charge is 0.136 e. The zero-order valence-electron chi connectivity index (χ0n) is 16.1. The zero-order chi connectivity index (χ0) is 20.3. The first-order valence-electron chi connectivity index (χ1n) is 9.33. The van der Waals surface area contributed by atoms with Gasteiger partial charge in [-0.1, -0.05) is 66.2 Å². The van der Waals surface area contributed by atoms with Crippen LogP contribution in [-0.4, -0.2) is 5.11 Å². The van der Waals surface area contributed by atoms with Crippen LogP contribution >= 0.6 is 34.8 Å². The SMILES string of the molecule is Oc1c(Br)cc(Cl)cc1C[P+](c1ccccc1)(c1ccccc1)c1ccccc1.[Br-]. The lowest BCUT2D eigenvalue weighted by Gasteiger charge is -2.28. The standard InChI is InChI=1S/C25H19BrClOP.BrH/c26-24-17-20(27)16-19(25(24)28)18-29(21-10-4-1-5-11-21,22-12-6-2-7-13-22)23-14-8-3-9-15-23;/h1-17H,18H2;1H. The van der Waals surface area contributed by atoms with Crippen molar-refractivity contribution in [3.05, 3.63) is 118 Å². The molecule has 0 aliphatic heterocycles. The van der Waals surface area contributed by atoms with Gasteiger partial charge >= 0.3 is 0 Å². The largest absolute Gasteiger partial charge is 1.00 e. The highest BCUT2D eigenvalue weighted by molar-refractivity contribution is 9.10. The van der Waals surface area contributed by atoms with Crippen LogP contribution < -0.4 is 32.9 Å². The minimum Gasteiger partial charge on any atom is -1.00 e. The normalized spacial score (nSPS) is 11.0. The van der Waals surface area contributed by atoms with Crippen molar-refractivity contribution in [1.82, 2.24) is 0 Å². The van der Waals surface area contributed by atoms with Gasteiger partial charge in [0.15, 0.2) is 0 Å². The quantitative estimate of drug-likeness (QED) is 0.371. The molecule has 30 heavy (non-hydrogen) atoms. The van der Waals surface area contributed by atoms with E-state index in [1.54, 1.807) is 6.07 Å². The molecule has 152 valence electrons. The molecule has 0 saturated heterocycles. The average Bonchev–Trinajstić information content (AvgIpc) is 2.77. The Bertz CT molecular complexity index is 1010. The van der Waals surface area contributed by atoms with Crippen molar-refractivity contribution in [1.29, 1.82) is 0 Å². The van der Waals surface area contributed by atoms with Crippen molar-refractivity contribution in [3.63, 3.8) is 0 Å². The van der Waals surface area contributed by atoms with Crippen LogP contribution in [0.3, 0.4) is 0 Å². The second-order valence-corrected chi connectivity index (χ2v) is 11.6. The second-order valence-electron chi connectivity index (χ2n) is 6.87. The molecular weight excluding hydrogens is 543 g/mol. The molecule has 0 bridgehead atoms. The molecule has 1 nitrogen and oxygen atoms in total. The van der Waals surface area contributed by atoms with Gasteiger partial charge in [-0.3, -0.25) is 0 Å². The van der Waals surface area contributed by atoms with Crippen LogP contribution in [0.5, 0.6) is 5.75 Å². The molecule has 0 spiro atoms. The van der Waals surface area contributed by atoms with Gasteiger partial charge in [-0.05, 0) is 64.5 Å². The van der Waals surface area contributed by atoms with Crippen LogP contribution in [0.15, 0.2) is 108 Å². The molecule has 0 heterocycles. The Morgan fingerprint density at radius 1 is 0.700 bits per heavy atom. The van der Waals surface area contributed by atoms with E-state index in [2.05, 4.69) is 88.7 Å². The van der Waals surface area contributed by atoms with Crippen molar-refractivity contribution < 1.29 is 22.1 Å². The van der Waals surface area contributed by atoms with E-state index in [4.69, 9.17) is 11.6 Å². The van der Waals surface area contributed by atoms with Gasteiger partial charge in [0, 0.05) is 10.6 Å². The number of benzene rings is 4. The maximum atomic E-state index is 10.8. The van der Waals surface area contributed by atoms with Gasteiger partial charge in [0.1, 0.15) is 35.1 Å². The molecule has 1 N–H and O–H groups in total. The lowest BCUT2D eigenvalue weighted by Crippen LogP contribution is -3.00. The third-order valence-electron chi connectivity index (χ3n) is 5.11. The van der Waals surface area contributed by atoms with Crippen molar-refractivity contribution in [3.8, 4) is 5.75 Å². The van der Waals surface area contributed by atoms with Crippen LogP contribution in [0.25, 0.3) is 0 Å². The van der Waals surface area contributed by atoms with Gasteiger partial charge in [-0.25, -0.2) is 0 Å². The fraction of sp³-hybridized carbons (Fsp3) is 0.0400. The molecule has 0 fully saturated rings. The maximum absolute atomic E-state index is 10.8. The number of hydrogen-bond donors (Lipinski definition) is 1. The first kappa shape index (κ1) is 23.0.